The van der Waals surface area contributed by atoms with Crippen LogP contribution in [0.3, 0.4) is 0 Å². The van der Waals surface area contributed by atoms with Crippen LogP contribution in [0, 0.1) is 6.92 Å². The fourth-order valence-corrected chi connectivity index (χ4v) is 3.44. The second kappa shape index (κ2) is 4.07. The van der Waals surface area contributed by atoms with Gasteiger partial charge in [-0.3, -0.25) is 0 Å². The predicted octanol–water partition coefficient (Wildman–Crippen LogP) is 3.95. The van der Waals surface area contributed by atoms with Crippen LogP contribution >= 0.6 is 8.19 Å². The molecular formula is C13H11LiP. The van der Waals surface area contributed by atoms with Crippen molar-refractivity contribution in [1.29, 1.82) is 0 Å². The first-order valence-corrected chi connectivity index (χ1v) is 5.82. The second-order valence-corrected chi connectivity index (χ2v) is 5.05. The van der Waals surface area contributed by atoms with Crippen LogP contribution < -0.4 is 0 Å². The van der Waals surface area contributed by atoms with Gasteiger partial charge in [-0.25, -0.2) is 0 Å². The Kier molecular flexibility index (Phi) is 2.94. The third-order valence-electron chi connectivity index (χ3n) is 2.66. The summed E-state index contributed by atoms with van der Waals surface area (Å²) in [4.78, 5) is 0. The van der Waals surface area contributed by atoms with Crippen LogP contribution in [0.15, 0.2) is 42.5 Å². The van der Waals surface area contributed by atoms with Crippen molar-refractivity contribution < 1.29 is 0 Å². The Balaban J connectivity index is 0.000000853. The first kappa shape index (κ1) is 10.8. The summed E-state index contributed by atoms with van der Waals surface area (Å²) in [7, 11) is 0.847. The van der Waals surface area contributed by atoms with Crippen LogP contribution in [0.4, 0.5) is 0 Å². The molecule has 0 N–H and O–H groups in total. The number of fused-ring (bicyclic) bond motifs is 3. The van der Waals surface area contributed by atoms with E-state index < -0.39 is 0 Å². The molecule has 0 aliphatic carbocycles. The van der Waals surface area contributed by atoms with Crippen molar-refractivity contribution in [1.82, 2.24) is 0 Å². The summed E-state index contributed by atoms with van der Waals surface area (Å²) >= 11 is 0. The molecule has 1 aromatic heterocycles. The molecule has 0 saturated carbocycles. The van der Waals surface area contributed by atoms with E-state index in [1.165, 1.54) is 26.6 Å². The van der Waals surface area contributed by atoms with Gasteiger partial charge in [0.15, 0.2) is 0 Å². The van der Waals surface area contributed by atoms with E-state index in [1.54, 1.807) is 0 Å². The fourth-order valence-electron chi connectivity index (χ4n) is 1.97. The van der Waals surface area contributed by atoms with Gasteiger partial charge in [-0.1, -0.05) is 42.0 Å². The summed E-state index contributed by atoms with van der Waals surface area (Å²) in [6.07, 6.45) is 0. The molecule has 0 nitrogen and oxygen atoms in total. The molecule has 1 unspecified atom stereocenters. The van der Waals surface area contributed by atoms with Crippen molar-refractivity contribution in [3.05, 3.63) is 48.0 Å². The molecule has 1 atom stereocenters. The molecule has 0 spiro atoms. The van der Waals surface area contributed by atoms with Crippen LogP contribution in [-0.4, -0.2) is 18.9 Å². The van der Waals surface area contributed by atoms with Gasteiger partial charge in [-0.15, -0.1) is 8.19 Å². The average molecular weight is 205 g/mol. The van der Waals surface area contributed by atoms with Crippen molar-refractivity contribution >= 4 is 48.1 Å². The van der Waals surface area contributed by atoms with E-state index in [9.17, 15) is 0 Å². The summed E-state index contributed by atoms with van der Waals surface area (Å²) in [6, 6.07) is 15.5. The molecule has 2 heteroatoms. The molecule has 0 aliphatic heterocycles. The summed E-state index contributed by atoms with van der Waals surface area (Å²) in [5.74, 6) is 0. The van der Waals surface area contributed by atoms with Gasteiger partial charge in [0.05, 0.1) is 0 Å². The Hall–Kier alpha value is -0.663. The van der Waals surface area contributed by atoms with Crippen molar-refractivity contribution in [2.24, 2.45) is 0 Å². The third kappa shape index (κ3) is 1.75. The molecule has 1 radical (unpaired) electrons. The first-order valence-electron chi connectivity index (χ1n) is 4.82. The molecule has 0 bridgehead atoms. The monoisotopic (exact) mass is 205 g/mol. The topological polar surface area (TPSA) is 0 Å². The maximum Gasteiger partial charge on any atom is 0 e. The van der Waals surface area contributed by atoms with E-state index in [-0.39, 0.29) is 18.9 Å². The van der Waals surface area contributed by atoms with Gasteiger partial charge in [0, 0.05) is 18.9 Å². The SMILES string of the molecule is Cc1ccc2c(c1)[pH]c1ccccc12.[Li]. The molecule has 0 aliphatic rings. The predicted molar refractivity (Wildman–Crippen MR) is 71.4 cm³/mol. The first-order chi connectivity index (χ1) is 6.84. The summed E-state index contributed by atoms with van der Waals surface area (Å²) < 4.78 is 0. The standard InChI is InChI=1S/C13H11P.Li/c1-9-6-7-11-10-4-2-3-5-12(10)14-13(11)8-9;/h2-8,14H,1H3;. The van der Waals surface area contributed by atoms with Crippen LogP contribution in [-0.2, 0) is 0 Å². The third-order valence-corrected chi connectivity index (χ3v) is 4.05. The van der Waals surface area contributed by atoms with Gasteiger partial charge >= 0.3 is 0 Å². The Morgan fingerprint density at radius 3 is 2.47 bits per heavy atom. The van der Waals surface area contributed by atoms with E-state index in [0.717, 1.165) is 8.19 Å². The normalized spacial score (nSPS) is 11.0. The Morgan fingerprint density at radius 1 is 0.867 bits per heavy atom. The Labute approximate surface area is 103 Å². The van der Waals surface area contributed by atoms with E-state index in [2.05, 4.69) is 49.4 Å². The minimum Gasteiger partial charge on any atom is -0.123 e. The Morgan fingerprint density at radius 2 is 1.60 bits per heavy atom. The minimum atomic E-state index is 0. The minimum absolute atomic E-state index is 0. The Bertz CT molecular complexity index is 610. The number of benzene rings is 2. The van der Waals surface area contributed by atoms with Gasteiger partial charge < -0.3 is 0 Å². The van der Waals surface area contributed by atoms with E-state index in [0.29, 0.717) is 0 Å². The van der Waals surface area contributed by atoms with Crippen LogP contribution in [0.5, 0.6) is 0 Å². The zero-order chi connectivity index (χ0) is 9.54. The van der Waals surface area contributed by atoms with E-state index in [4.69, 9.17) is 0 Å². The van der Waals surface area contributed by atoms with Crippen molar-refractivity contribution in [2.45, 2.75) is 6.92 Å². The number of aryl methyl sites for hydroxylation is 1. The molecule has 69 valence electrons. The second-order valence-electron chi connectivity index (χ2n) is 3.72. The van der Waals surface area contributed by atoms with Crippen molar-refractivity contribution in [2.75, 3.05) is 0 Å². The molecule has 0 saturated heterocycles. The van der Waals surface area contributed by atoms with Gasteiger partial charge in [-0.05, 0) is 34.0 Å². The van der Waals surface area contributed by atoms with Crippen molar-refractivity contribution in [3.8, 4) is 0 Å². The number of hydrogen-bond donors (Lipinski definition) is 0. The molecule has 0 amide bonds. The largest absolute Gasteiger partial charge is 0.123 e. The van der Waals surface area contributed by atoms with Gasteiger partial charge in [0.25, 0.3) is 0 Å². The van der Waals surface area contributed by atoms with Crippen LogP contribution in [0.2, 0.25) is 0 Å². The van der Waals surface area contributed by atoms with Gasteiger partial charge in [-0.2, -0.15) is 0 Å². The number of rotatable bonds is 0. The average Bonchev–Trinajstić information content (AvgIpc) is 2.54. The van der Waals surface area contributed by atoms with Crippen LogP contribution in [0.1, 0.15) is 5.56 Å². The zero-order valence-corrected chi connectivity index (χ0v) is 10.0. The molecular weight excluding hydrogens is 194 g/mol. The van der Waals surface area contributed by atoms with E-state index >= 15 is 0 Å². The summed E-state index contributed by atoms with van der Waals surface area (Å²) in [5.41, 5.74) is 1.36. The fraction of sp³-hybridized carbons (Fsp3) is 0.0769. The maximum atomic E-state index is 2.31. The molecule has 15 heavy (non-hydrogen) atoms. The smallest absolute Gasteiger partial charge is 0 e. The van der Waals surface area contributed by atoms with Crippen LogP contribution in [0.25, 0.3) is 21.0 Å². The van der Waals surface area contributed by atoms with Crippen molar-refractivity contribution in [3.63, 3.8) is 0 Å². The summed E-state index contributed by atoms with van der Waals surface area (Å²) in [5, 5.41) is 5.87. The molecule has 0 fully saturated rings. The quantitative estimate of drug-likeness (QED) is 0.487. The number of hydrogen-bond acceptors (Lipinski definition) is 0. The van der Waals surface area contributed by atoms with E-state index in [1.807, 2.05) is 0 Å². The van der Waals surface area contributed by atoms with Gasteiger partial charge in [0.1, 0.15) is 0 Å². The molecule has 1 heterocycles. The maximum absolute atomic E-state index is 2.31. The molecule has 3 aromatic rings. The molecule has 2 aromatic carbocycles. The van der Waals surface area contributed by atoms with Gasteiger partial charge in [0.2, 0.25) is 0 Å². The zero-order valence-electron chi connectivity index (χ0n) is 9.04. The summed E-state index contributed by atoms with van der Waals surface area (Å²) in [6.45, 7) is 2.16. The molecule has 3 rings (SSSR count).